The zero-order valence-electron chi connectivity index (χ0n) is 43.3. The van der Waals surface area contributed by atoms with Gasteiger partial charge in [-0.15, -0.1) is 0 Å². The number of rotatable bonds is 11. The van der Waals surface area contributed by atoms with Crippen molar-refractivity contribution < 1.29 is 0 Å². The molecule has 4 nitrogen and oxygen atoms in total. The van der Waals surface area contributed by atoms with E-state index in [9.17, 15) is 0 Å². The molecule has 1 aliphatic rings. The zero-order valence-corrected chi connectivity index (χ0v) is 43.3. The van der Waals surface area contributed by atoms with E-state index in [1.54, 1.807) is 0 Å². The van der Waals surface area contributed by atoms with Crippen molar-refractivity contribution in [2.75, 3.05) is 0 Å². The fourth-order valence-corrected chi connectivity index (χ4v) is 11.4. The molecule has 0 unspecified atom stereocenters. The summed E-state index contributed by atoms with van der Waals surface area (Å²) in [5.41, 5.74) is 21.3. The standard InChI is InChI=1S/C73H54N4/c1-5-6-12-25-48(2)62-44-58(53-34-21-11-22-35-53)45-68-69(62)64-46-63-61-36-23-24-37-65(61)73(3,4)66(63)47-67(64)77(68)72-75-70(59-40-54(49-26-13-7-14-27-49)38-55(41-59)50-28-15-8-16-29-50)74-71(76-72)60-42-56(51-30-17-9-18-31-51)39-57(43-60)52-32-19-10-20-33-52/h5-47H,2H2,1,3-4H3/b6-5-,25-12-. The van der Waals surface area contributed by atoms with Gasteiger partial charge >= 0.3 is 0 Å². The number of allylic oxidation sites excluding steroid dienone is 5. The molecule has 0 fully saturated rings. The molecule has 0 saturated heterocycles. The lowest BCUT2D eigenvalue weighted by atomic mass is 9.82. The molecule has 0 atom stereocenters. The van der Waals surface area contributed by atoms with Crippen molar-refractivity contribution >= 4 is 27.4 Å². The van der Waals surface area contributed by atoms with Gasteiger partial charge in [-0.2, -0.15) is 9.97 Å². The van der Waals surface area contributed by atoms with E-state index < -0.39 is 0 Å². The lowest BCUT2D eigenvalue weighted by Gasteiger charge is -2.21. The summed E-state index contributed by atoms with van der Waals surface area (Å²) in [6.45, 7) is 11.5. The molecular weight excluding hydrogens is 933 g/mol. The zero-order chi connectivity index (χ0) is 52.0. The number of hydrogen-bond acceptors (Lipinski definition) is 3. The molecule has 1 aliphatic carbocycles. The molecule has 0 amide bonds. The van der Waals surface area contributed by atoms with Crippen LogP contribution in [0, 0.1) is 0 Å². The normalized spacial score (nSPS) is 12.7. The summed E-state index contributed by atoms with van der Waals surface area (Å²) in [6, 6.07) is 84.7. The van der Waals surface area contributed by atoms with Gasteiger partial charge in [-0.3, -0.25) is 4.57 Å². The van der Waals surface area contributed by atoms with Gasteiger partial charge in [0.1, 0.15) is 0 Å². The summed E-state index contributed by atoms with van der Waals surface area (Å²) in [6.07, 6.45) is 8.29. The molecule has 0 saturated carbocycles. The predicted octanol–water partition coefficient (Wildman–Crippen LogP) is 19.1. The molecule has 4 heteroatoms. The Bertz CT molecular complexity index is 4020. The summed E-state index contributed by atoms with van der Waals surface area (Å²) in [5, 5.41) is 2.18. The number of fused-ring (bicyclic) bond motifs is 6. The fourth-order valence-electron chi connectivity index (χ4n) is 11.4. The van der Waals surface area contributed by atoms with Crippen LogP contribution in [0.5, 0.6) is 0 Å². The highest BCUT2D eigenvalue weighted by molar-refractivity contribution is 6.17. The average molecular weight is 987 g/mol. The molecule has 0 spiro atoms. The molecule has 366 valence electrons. The van der Waals surface area contributed by atoms with Gasteiger partial charge in [-0.05, 0) is 157 Å². The Labute approximate surface area is 450 Å². The number of benzene rings is 10. The minimum atomic E-state index is -0.273. The van der Waals surface area contributed by atoms with E-state index in [0.717, 1.165) is 99.7 Å². The third-order valence-electron chi connectivity index (χ3n) is 15.3. The Morgan fingerprint density at radius 1 is 0.403 bits per heavy atom. The van der Waals surface area contributed by atoms with Gasteiger partial charge in [0.15, 0.2) is 11.6 Å². The highest BCUT2D eigenvalue weighted by atomic mass is 15.2. The summed E-state index contributed by atoms with van der Waals surface area (Å²) < 4.78 is 2.30. The van der Waals surface area contributed by atoms with E-state index in [0.29, 0.717) is 17.6 Å². The van der Waals surface area contributed by atoms with Gasteiger partial charge in [0.25, 0.3) is 0 Å². The molecular formula is C73H54N4. The number of nitrogens with zero attached hydrogens (tertiary/aromatic N) is 4. The Hall–Kier alpha value is -9.77. The second kappa shape index (κ2) is 19.5. The quantitative estimate of drug-likeness (QED) is 0.121. The Kier molecular flexibility index (Phi) is 11.9. The fraction of sp³-hybridized carbons (Fsp3) is 0.0548. The molecule has 2 aromatic heterocycles. The largest absolute Gasteiger partial charge is 0.278 e. The van der Waals surface area contributed by atoms with Crippen molar-refractivity contribution in [1.29, 1.82) is 0 Å². The minimum absolute atomic E-state index is 0.273. The van der Waals surface area contributed by atoms with Crippen LogP contribution in [0.4, 0.5) is 0 Å². The van der Waals surface area contributed by atoms with E-state index in [1.807, 2.05) is 13.0 Å². The molecule has 77 heavy (non-hydrogen) atoms. The van der Waals surface area contributed by atoms with Gasteiger partial charge < -0.3 is 0 Å². The first-order chi connectivity index (χ1) is 37.8. The van der Waals surface area contributed by atoms with Crippen molar-refractivity contribution in [2.45, 2.75) is 26.2 Å². The van der Waals surface area contributed by atoms with Gasteiger partial charge in [-0.25, -0.2) is 4.98 Å². The predicted molar refractivity (Wildman–Crippen MR) is 323 cm³/mol. The van der Waals surface area contributed by atoms with Crippen LogP contribution in [-0.2, 0) is 5.41 Å². The van der Waals surface area contributed by atoms with E-state index in [1.165, 1.54) is 22.3 Å². The van der Waals surface area contributed by atoms with Crippen LogP contribution in [0.15, 0.2) is 267 Å². The number of aromatic nitrogens is 4. The molecule has 0 bridgehead atoms. The van der Waals surface area contributed by atoms with Gasteiger partial charge in [0.05, 0.1) is 11.0 Å². The maximum absolute atomic E-state index is 5.70. The van der Waals surface area contributed by atoms with E-state index >= 15 is 0 Å². The maximum Gasteiger partial charge on any atom is 0.238 e. The van der Waals surface area contributed by atoms with Crippen LogP contribution in [0.25, 0.3) is 123 Å². The van der Waals surface area contributed by atoms with Crippen LogP contribution in [0.1, 0.15) is 37.5 Å². The molecule has 13 rings (SSSR count). The summed E-state index contributed by atoms with van der Waals surface area (Å²) in [4.78, 5) is 17.0. The van der Waals surface area contributed by atoms with Crippen LogP contribution in [-0.4, -0.2) is 19.5 Å². The molecule has 10 aromatic carbocycles. The van der Waals surface area contributed by atoms with Gasteiger partial charge in [-0.1, -0.05) is 221 Å². The molecule has 12 aromatic rings. The van der Waals surface area contributed by atoms with E-state index in [-0.39, 0.29) is 5.41 Å². The Balaban J connectivity index is 1.17. The van der Waals surface area contributed by atoms with Gasteiger partial charge in [0, 0.05) is 27.3 Å². The van der Waals surface area contributed by atoms with Crippen molar-refractivity contribution in [1.82, 2.24) is 19.5 Å². The second-order valence-corrected chi connectivity index (χ2v) is 20.5. The van der Waals surface area contributed by atoms with Crippen molar-refractivity contribution in [2.24, 2.45) is 0 Å². The first kappa shape index (κ1) is 47.0. The van der Waals surface area contributed by atoms with Crippen LogP contribution in [0.2, 0.25) is 0 Å². The lowest BCUT2D eigenvalue weighted by Crippen LogP contribution is -2.15. The highest BCUT2D eigenvalue weighted by Gasteiger charge is 2.37. The van der Waals surface area contributed by atoms with Crippen molar-refractivity contribution in [3.8, 4) is 95.5 Å². The first-order valence-electron chi connectivity index (χ1n) is 26.4. The second-order valence-electron chi connectivity index (χ2n) is 20.5. The first-order valence-corrected chi connectivity index (χ1v) is 26.4. The maximum atomic E-state index is 5.70. The molecule has 0 aliphatic heterocycles. The van der Waals surface area contributed by atoms with E-state index in [2.05, 4.69) is 273 Å². The smallest absolute Gasteiger partial charge is 0.238 e. The SMILES string of the molecule is C=C(/C=C\C=C/C)c1cc(-c2ccccc2)cc2c1c1cc3c(cc1n2-c1nc(-c2cc(-c4ccccc4)cc(-c4ccccc4)c2)nc(-c2cc(-c4ccccc4)cc(-c4ccccc4)c2)n1)C(C)(C)c1ccccc1-3. The summed E-state index contributed by atoms with van der Waals surface area (Å²) in [5.74, 6) is 1.64. The topological polar surface area (TPSA) is 43.6 Å². The third kappa shape index (κ3) is 8.60. The van der Waals surface area contributed by atoms with Crippen LogP contribution in [0.3, 0.4) is 0 Å². The highest BCUT2D eigenvalue weighted by Crippen LogP contribution is 2.52. The van der Waals surface area contributed by atoms with Gasteiger partial charge in [0.2, 0.25) is 5.95 Å². The van der Waals surface area contributed by atoms with Crippen molar-refractivity contribution in [3.05, 3.63) is 284 Å². The molecule has 0 N–H and O–H groups in total. The minimum Gasteiger partial charge on any atom is -0.278 e. The summed E-state index contributed by atoms with van der Waals surface area (Å²) >= 11 is 0. The summed E-state index contributed by atoms with van der Waals surface area (Å²) in [7, 11) is 0. The average Bonchev–Trinajstić information content (AvgIpc) is 4.05. The van der Waals surface area contributed by atoms with Crippen molar-refractivity contribution in [3.63, 3.8) is 0 Å². The molecule has 0 radical (unpaired) electrons. The Morgan fingerprint density at radius 3 is 1.30 bits per heavy atom. The van der Waals surface area contributed by atoms with Crippen LogP contribution < -0.4 is 0 Å². The monoisotopic (exact) mass is 986 g/mol. The number of hydrogen-bond donors (Lipinski definition) is 0. The third-order valence-corrected chi connectivity index (χ3v) is 15.3. The van der Waals surface area contributed by atoms with Crippen LogP contribution >= 0.6 is 0 Å². The lowest BCUT2D eigenvalue weighted by molar-refractivity contribution is 0.661. The van der Waals surface area contributed by atoms with E-state index in [4.69, 9.17) is 21.5 Å². The molecule has 2 heterocycles. The Morgan fingerprint density at radius 2 is 0.831 bits per heavy atom.